The molecule has 14 heteroatoms. The minimum Gasteiger partial charge on any atom is -0.370 e. The molecule has 3 N–H and O–H groups in total. The standard InChI is InChI=1S/C36H37ClF4N4O4S/c1-22-19-42-20-28(45(22)50(47,48)33-9-4-3-6-30(33)37)14-15-29-31(41)7-5-8-32(29)44-36(46)35(43-21-49-2)34(23-10-12-25(38)13-11-23)24-16-26(39)18-27(40)17-24/h3-13,16-18,22,28,34-35,42-43H,14-15,19-21H2,1-2H3,(H,44,46). The second-order valence-electron chi connectivity index (χ2n) is 12.1. The van der Waals surface area contributed by atoms with Crippen molar-refractivity contribution in [1.29, 1.82) is 0 Å². The van der Waals surface area contributed by atoms with E-state index in [9.17, 15) is 26.4 Å². The van der Waals surface area contributed by atoms with E-state index in [1.165, 1.54) is 66.0 Å². The minimum atomic E-state index is -4.03. The number of hydrogen-bond acceptors (Lipinski definition) is 6. The molecule has 0 aliphatic carbocycles. The fourth-order valence-electron chi connectivity index (χ4n) is 6.42. The highest BCUT2D eigenvalue weighted by molar-refractivity contribution is 7.89. The molecule has 5 rings (SSSR count). The summed E-state index contributed by atoms with van der Waals surface area (Å²) < 4.78 is 92.6. The molecule has 0 aromatic heterocycles. The number of hydrogen-bond donors (Lipinski definition) is 3. The van der Waals surface area contributed by atoms with Crippen molar-refractivity contribution in [3.05, 3.63) is 130 Å². The Morgan fingerprint density at radius 1 is 0.940 bits per heavy atom. The fourth-order valence-corrected chi connectivity index (χ4v) is 8.76. The second-order valence-corrected chi connectivity index (χ2v) is 14.3. The summed E-state index contributed by atoms with van der Waals surface area (Å²) in [6.45, 7) is 2.34. The summed E-state index contributed by atoms with van der Waals surface area (Å²) in [5.74, 6) is -4.64. The Kier molecular flexibility index (Phi) is 12.3. The zero-order valence-electron chi connectivity index (χ0n) is 27.3. The van der Waals surface area contributed by atoms with E-state index in [4.69, 9.17) is 16.3 Å². The molecule has 1 aliphatic heterocycles. The predicted molar refractivity (Wildman–Crippen MR) is 183 cm³/mol. The van der Waals surface area contributed by atoms with Gasteiger partial charge in [0.1, 0.15) is 28.2 Å². The van der Waals surface area contributed by atoms with Crippen LogP contribution < -0.4 is 16.0 Å². The number of carbonyl (C=O) groups excluding carboxylic acids is 1. The molecule has 4 aromatic rings. The van der Waals surface area contributed by atoms with Crippen LogP contribution in [0.4, 0.5) is 23.2 Å². The lowest BCUT2D eigenvalue weighted by Gasteiger charge is -2.40. The van der Waals surface area contributed by atoms with Gasteiger partial charge in [-0.15, -0.1) is 0 Å². The van der Waals surface area contributed by atoms with Crippen molar-refractivity contribution in [3.63, 3.8) is 0 Å². The number of rotatable bonds is 13. The summed E-state index contributed by atoms with van der Waals surface area (Å²) in [7, 11) is -2.64. The van der Waals surface area contributed by atoms with Gasteiger partial charge in [0.25, 0.3) is 0 Å². The second kappa shape index (κ2) is 16.4. The quantitative estimate of drug-likeness (QED) is 0.112. The van der Waals surface area contributed by atoms with Gasteiger partial charge in [0.05, 0.1) is 17.8 Å². The van der Waals surface area contributed by atoms with Gasteiger partial charge in [-0.1, -0.05) is 41.9 Å². The minimum absolute atomic E-state index is 0.0252. The van der Waals surface area contributed by atoms with E-state index < -0.39 is 63.2 Å². The summed E-state index contributed by atoms with van der Waals surface area (Å²) in [5, 5.41) is 9.05. The molecule has 4 aromatic carbocycles. The van der Waals surface area contributed by atoms with Gasteiger partial charge in [0.2, 0.25) is 15.9 Å². The first-order valence-corrected chi connectivity index (χ1v) is 17.7. The number of halogens is 5. The van der Waals surface area contributed by atoms with Crippen molar-refractivity contribution < 1.29 is 35.5 Å². The molecule has 1 aliphatic rings. The highest BCUT2D eigenvalue weighted by Gasteiger charge is 2.39. The third kappa shape index (κ3) is 8.53. The van der Waals surface area contributed by atoms with Crippen LogP contribution in [0.15, 0.2) is 89.8 Å². The van der Waals surface area contributed by atoms with Gasteiger partial charge in [0.15, 0.2) is 0 Å². The molecular weight excluding hydrogens is 696 g/mol. The number of methoxy groups -OCH3 is 1. The van der Waals surface area contributed by atoms with Crippen molar-refractivity contribution in [2.75, 3.05) is 32.2 Å². The maximum Gasteiger partial charge on any atom is 0.245 e. The Morgan fingerprint density at radius 2 is 1.64 bits per heavy atom. The predicted octanol–water partition coefficient (Wildman–Crippen LogP) is 6.21. The van der Waals surface area contributed by atoms with Gasteiger partial charge in [-0.25, -0.2) is 26.0 Å². The molecule has 1 heterocycles. The van der Waals surface area contributed by atoms with E-state index in [-0.39, 0.29) is 46.3 Å². The molecule has 0 bridgehead atoms. The molecular formula is C36H37ClF4N4O4S. The first kappa shape index (κ1) is 37.4. The summed E-state index contributed by atoms with van der Waals surface area (Å²) >= 11 is 6.29. The molecule has 0 saturated carbocycles. The molecule has 1 amide bonds. The summed E-state index contributed by atoms with van der Waals surface area (Å²) in [4.78, 5) is 14.1. The highest BCUT2D eigenvalue weighted by Crippen LogP contribution is 2.33. The number of sulfonamides is 1. The fraction of sp³-hybridized carbons (Fsp3) is 0.306. The first-order valence-electron chi connectivity index (χ1n) is 15.9. The van der Waals surface area contributed by atoms with Gasteiger partial charge >= 0.3 is 0 Å². The average Bonchev–Trinajstić information content (AvgIpc) is 3.06. The Morgan fingerprint density at radius 3 is 2.32 bits per heavy atom. The molecule has 4 unspecified atom stereocenters. The van der Waals surface area contributed by atoms with Crippen molar-refractivity contribution in [3.8, 4) is 0 Å². The number of amides is 1. The smallest absolute Gasteiger partial charge is 0.245 e. The summed E-state index contributed by atoms with van der Waals surface area (Å²) in [6, 6.07) is 16.1. The lowest BCUT2D eigenvalue weighted by Crippen LogP contribution is -2.58. The normalized spacial score (nSPS) is 18.1. The van der Waals surface area contributed by atoms with Crippen LogP contribution in [0, 0.1) is 23.3 Å². The van der Waals surface area contributed by atoms with E-state index in [1.54, 1.807) is 19.1 Å². The van der Waals surface area contributed by atoms with E-state index in [0.717, 1.165) is 12.1 Å². The van der Waals surface area contributed by atoms with Gasteiger partial charge in [0, 0.05) is 55.5 Å². The Bertz CT molecular complexity index is 1900. The van der Waals surface area contributed by atoms with E-state index in [2.05, 4.69) is 16.0 Å². The molecule has 0 radical (unpaired) electrons. The monoisotopic (exact) mass is 732 g/mol. The maximum absolute atomic E-state index is 15.5. The van der Waals surface area contributed by atoms with Crippen LogP contribution in [0.3, 0.4) is 0 Å². The third-order valence-corrected chi connectivity index (χ3v) is 11.2. The molecule has 1 fully saturated rings. The number of nitrogens with zero attached hydrogens (tertiary/aromatic N) is 1. The van der Waals surface area contributed by atoms with Gasteiger partial charge < -0.3 is 15.4 Å². The van der Waals surface area contributed by atoms with Crippen molar-refractivity contribution in [2.24, 2.45) is 0 Å². The number of ether oxygens (including phenoxy) is 1. The lowest BCUT2D eigenvalue weighted by atomic mass is 9.84. The zero-order chi connectivity index (χ0) is 36.0. The van der Waals surface area contributed by atoms with Crippen LogP contribution in [0.25, 0.3) is 0 Å². The van der Waals surface area contributed by atoms with Crippen LogP contribution >= 0.6 is 11.6 Å². The van der Waals surface area contributed by atoms with Crippen LogP contribution in [-0.4, -0.2) is 63.7 Å². The number of piperazine rings is 1. The maximum atomic E-state index is 15.5. The van der Waals surface area contributed by atoms with E-state index in [0.29, 0.717) is 24.7 Å². The van der Waals surface area contributed by atoms with Crippen LogP contribution in [0.1, 0.15) is 36.0 Å². The Labute approximate surface area is 293 Å². The Hall–Kier alpha value is -3.85. The third-order valence-electron chi connectivity index (χ3n) is 8.65. The summed E-state index contributed by atoms with van der Waals surface area (Å²) in [5.41, 5.74) is 0.726. The van der Waals surface area contributed by atoms with Crippen LogP contribution in [0.2, 0.25) is 5.02 Å². The topological polar surface area (TPSA) is 99.8 Å². The largest absolute Gasteiger partial charge is 0.370 e. The summed E-state index contributed by atoms with van der Waals surface area (Å²) in [6.07, 6.45) is 0.236. The van der Waals surface area contributed by atoms with Crippen LogP contribution in [-0.2, 0) is 26.0 Å². The van der Waals surface area contributed by atoms with Crippen molar-refractivity contribution >= 4 is 33.2 Å². The number of carbonyl (C=O) groups is 1. The van der Waals surface area contributed by atoms with Gasteiger partial charge in [-0.2, -0.15) is 4.31 Å². The zero-order valence-corrected chi connectivity index (χ0v) is 28.9. The molecule has 1 saturated heterocycles. The van der Waals surface area contributed by atoms with Crippen molar-refractivity contribution in [2.45, 2.75) is 48.7 Å². The Balaban J connectivity index is 1.45. The SMILES string of the molecule is COCNC(C(=O)Nc1cccc(F)c1CCC1CNCC(C)N1S(=O)(=O)c1ccccc1Cl)C(c1ccc(F)cc1)c1cc(F)cc(F)c1. The molecule has 4 atom stereocenters. The van der Waals surface area contributed by atoms with Gasteiger partial charge in [-0.3, -0.25) is 10.1 Å². The molecule has 0 spiro atoms. The molecule has 8 nitrogen and oxygen atoms in total. The molecule has 266 valence electrons. The number of anilines is 1. The average molecular weight is 733 g/mol. The van der Waals surface area contributed by atoms with Gasteiger partial charge in [-0.05, 0) is 79.4 Å². The molecule has 50 heavy (non-hydrogen) atoms. The lowest BCUT2D eigenvalue weighted by molar-refractivity contribution is -0.119. The first-order chi connectivity index (χ1) is 23.9. The van der Waals surface area contributed by atoms with Crippen LogP contribution in [0.5, 0.6) is 0 Å². The van der Waals surface area contributed by atoms with Crippen molar-refractivity contribution in [1.82, 2.24) is 14.9 Å². The number of nitrogens with one attached hydrogen (secondary N) is 3. The van der Waals surface area contributed by atoms with E-state index >= 15 is 4.39 Å². The number of benzene rings is 4. The highest BCUT2D eigenvalue weighted by atomic mass is 35.5. The van der Waals surface area contributed by atoms with E-state index in [1.807, 2.05) is 0 Å².